The highest BCUT2D eigenvalue weighted by atomic mass is 32.2. The van der Waals surface area contributed by atoms with Crippen molar-refractivity contribution < 1.29 is 9.59 Å². The number of hydrogen-bond acceptors (Lipinski definition) is 3. The van der Waals surface area contributed by atoms with Gasteiger partial charge in [-0.15, -0.1) is 0 Å². The van der Waals surface area contributed by atoms with Gasteiger partial charge in [-0.25, -0.2) is 0 Å². The summed E-state index contributed by atoms with van der Waals surface area (Å²) >= 11 is 1.14. The molecule has 0 bridgehead atoms. The van der Waals surface area contributed by atoms with Crippen LogP contribution >= 0.6 is 12.1 Å². The second-order valence-corrected chi connectivity index (χ2v) is 3.89. The fourth-order valence-electron chi connectivity index (χ4n) is 0.732. The normalized spacial score (nSPS) is 9.46. The molecule has 0 aromatic rings. The van der Waals surface area contributed by atoms with Gasteiger partial charge in [0.05, 0.1) is 12.1 Å². The van der Waals surface area contributed by atoms with Crippen LogP contribution in [0.2, 0.25) is 0 Å². The van der Waals surface area contributed by atoms with E-state index in [4.69, 9.17) is 0 Å². The third-order valence-corrected chi connectivity index (χ3v) is 2.42. The molecule has 0 N–H and O–H groups in total. The van der Waals surface area contributed by atoms with Crippen LogP contribution in [0.4, 0.5) is 0 Å². The third-order valence-electron chi connectivity index (χ3n) is 1.44. The monoisotopic (exact) mass is 204 g/mol. The van der Waals surface area contributed by atoms with Crippen LogP contribution in [0.15, 0.2) is 0 Å². The molecule has 0 aliphatic heterocycles. The lowest BCUT2D eigenvalue weighted by Gasteiger charge is -2.21. The van der Waals surface area contributed by atoms with E-state index in [1.807, 2.05) is 0 Å². The summed E-state index contributed by atoms with van der Waals surface area (Å²) in [6, 6.07) is 0. The molecule has 4 nitrogen and oxygen atoms in total. The number of hydrogen-bond donors (Lipinski definition) is 0. The Morgan fingerprint density at radius 1 is 1.54 bits per heavy atom. The number of carbonyl (C=O) groups excluding carboxylic acids is 2. The van der Waals surface area contributed by atoms with Crippen LogP contribution in [-0.4, -0.2) is 34.5 Å². The van der Waals surface area contributed by atoms with Crippen LogP contribution in [0, 0.1) is 0 Å². The van der Waals surface area contributed by atoms with Crippen LogP contribution in [0.5, 0.6) is 0 Å². The van der Waals surface area contributed by atoms with Crippen LogP contribution in [0.25, 0.3) is 0 Å². The number of unbranched alkanes of at least 4 members (excludes halogenated alkanes) is 1. The molecular formula is C8H16N2O2S. The van der Waals surface area contributed by atoms with E-state index in [0.29, 0.717) is 13.0 Å². The first-order valence-electron chi connectivity index (χ1n) is 4.26. The molecule has 76 valence electrons. The van der Waals surface area contributed by atoms with E-state index in [-0.39, 0.29) is 5.91 Å². The first-order chi connectivity index (χ1) is 6.11. The van der Waals surface area contributed by atoms with E-state index < -0.39 is 0 Å². The highest BCUT2D eigenvalue weighted by Crippen LogP contribution is 2.13. The molecule has 0 saturated carbocycles. The Balaban J connectivity index is 3.94. The molecule has 0 rings (SSSR count). The summed E-state index contributed by atoms with van der Waals surface area (Å²) in [7, 11) is 1.62. The lowest BCUT2D eigenvalue weighted by Crippen LogP contribution is -2.27. The van der Waals surface area contributed by atoms with Crippen molar-refractivity contribution in [2.24, 2.45) is 0 Å². The van der Waals surface area contributed by atoms with Crippen molar-refractivity contribution >= 4 is 24.5 Å². The van der Waals surface area contributed by atoms with Crippen LogP contribution in [-0.2, 0) is 9.59 Å². The van der Waals surface area contributed by atoms with E-state index in [1.54, 1.807) is 11.4 Å². The molecule has 0 spiro atoms. The highest BCUT2D eigenvalue weighted by molar-refractivity contribution is 7.95. The molecule has 0 saturated heterocycles. The zero-order valence-electron chi connectivity index (χ0n) is 8.32. The Morgan fingerprint density at radius 2 is 2.15 bits per heavy atom. The first kappa shape index (κ1) is 12.3. The topological polar surface area (TPSA) is 40.6 Å². The molecule has 0 atom stereocenters. The molecule has 0 heterocycles. The summed E-state index contributed by atoms with van der Waals surface area (Å²) in [6.45, 7) is 4.25. The van der Waals surface area contributed by atoms with Gasteiger partial charge in [-0.1, -0.05) is 13.3 Å². The Labute approximate surface area is 83.5 Å². The highest BCUT2D eigenvalue weighted by Gasteiger charge is 2.10. The summed E-state index contributed by atoms with van der Waals surface area (Å²) in [4.78, 5) is 21.4. The first-order valence-corrected chi connectivity index (χ1v) is 4.99. The quantitative estimate of drug-likeness (QED) is 0.483. The Morgan fingerprint density at radius 3 is 2.54 bits per heavy atom. The lowest BCUT2D eigenvalue weighted by atomic mass is 10.3. The molecule has 0 aliphatic carbocycles. The summed E-state index contributed by atoms with van der Waals surface area (Å²) in [6.07, 6.45) is 2.68. The van der Waals surface area contributed by atoms with Gasteiger partial charge in [0.15, 0.2) is 0 Å². The van der Waals surface area contributed by atoms with Crippen molar-refractivity contribution in [1.82, 2.24) is 8.61 Å². The smallest absolute Gasteiger partial charge is 0.230 e. The molecule has 0 fully saturated rings. The number of rotatable bonds is 6. The van der Waals surface area contributed by atoms with Gasteiger partial charge < -0.3 is 0 Å². The zero-order chi connectivity index (χ0) is 10.3. The number of carbonyl (C=O) groups is 2. The second-order valence-electron chi connectivity index (χ2n) is 2.71. The predicted octanol–water partition coefficient (Wildman–Crippen LogP) is 1.29. The van der Waals surface area contributed by atoms with Crippen LogP contribution in [0.1, 0.15) is 26.7 Å². The largest absolute Gasteiger partial charge is 0.278 e. The number of amides is 2. The van der Waals surface area contributed by atoms with Gasteiger partial charge in [0.1, 0.15) is 0 Å². The van der Waals surface area contributed by atoms with E-state index in [1.165, 1.54) is 11.2 Å². The Hall–Kier alpha value is -0.710. The Bertz CT molecular complexity index is 176. The molecule has 0 aromatic heterocycles. The van der Waals surface area contributed by atoms with Crippen molar-refractivity contribution in [3.63, 3.8) is 0 Å². The minimum atomic E-state index is -0.0212. The van der Waals surface area contributed by atoms with Gasteiger partial charge in [-0.2, -0.15) is 0 Å². The van der Waals surface area contributed by atoms with Gasteiger partial charge in [0.25, 0.3) is 0 Å². The molecule has 13 heavy (non-hydrogen) atoms. The molecular weight excluding hydrogens is 188 g/mol. The standard InChI is InChI=1S/C8H16N2O2S/c1-4-5-6-10(8(2)12)13-9(3)7-11/h7H,4-6H2,1-3H3. The van der Waals surface area contributed by atoms with Gasteiger partial charge in [-0.05, 0) is 6.42 Å². The molecule has 0 unspecified atom stereocenters. The SMILES string of the molecule is CCCCN(SN(C)C=O)C(C)=O. The minimum absolute atomic E-state index is 0.0212. The minimum Gasteiger partial charge on any atom is -0.278 e. The summed E-state index contributed by atoms with van der Waals surface area (Å²) in [5.41, 5.74) is 0. The zero-order valence-corrected chi connectivity index (χ0v) is 9.13. The summed E-state index contributed by atoms with van der Waals surface area (Å²) in [5, 5.41) is 0. The average Bonchev–Trinajstić information content (AvgIpc) is 2.11. The van der Waals surface area contributed by atoms with Crippen molar-refractivity contribution in [3.05, 3.63) is 0 Å². The lowest BCUT2D eigenvalue weighted by molar-refractivity contribution is -0.124. The van der Waals surface area contributed by atoms with Crippen molar-refractivity contribution in [2.45, 2.75) is 26.7 Å². The fourth-order valence-corrected chi connectivity index (χ4v) is 1.41. The summed E-state index contributed by atoms with van der Waals surface area (Å²) in [5.74, 6) is -0.0212. The third kappa shape index (κ3) is 5.52. The van der Waals surface area contributed by atoms with Gasteiger partial charge in [0.2, 0.25) is 12.3 Å². The van der Waals surface area contributed by atoms with E-state index >= 15 is 0 Å². The maximum absolute atomic E-state index is 11.1. The number of nitrogens with zero attached hydrogens (tertiary/aromatic N) is 2. The molecule has 0 radical (unpaired) electrons. The van der Waals surface area contributed by atoms with Crippen LogP contribution in [0.3, 0.4) is 0 Å². The summed E-state index contributed by atoms with van der Waals surface area (Å²) < 4.78 is 2.95. The van der Waals surface area contributed by atoms with Crippen molar-refractivity contribution in [3.8, 4) is 0 Å². The van der Waals surface area contributed by atoms with E-state index in [0.717, 1.165) is 25.0 Å². The second kappa shape index (κ2) is 6.77. The fraction of sp³-hybridized carbons (Fsp3) is 0.750. The predicted molar refractivity (Wildman–Crippen MR) is 53.7 cm³/mol. The van der Waals surface area contributed by atoms with Gasteiger partial charge in [-0.3, -0.25) is 18.2 Å². The molecule has 0 aliphatic rings. The van der Waals surface area contributed by atoms with Crippen molar-refractivity contribution in [2.75, 3.05) is 13.6 Å². The average molecular weight is 204 g/mol. The van der Waals surface area contributed by atoms with E-state index in [9.17, 15) is 9.59 Å². The maximum atomic E-state index is 11.1. The van der Waals surface area contributed by atoms with Crippen molar-refractivity contribution in [1.29, 1.82) is 0 Å². The van der Waals surface area contributed by atoms with Gasteiger partial charge in [0, 0.05) is 20.5 Å². The Kier molecular flexibility index (Phi) is 6.40. The van der Waals surface area contributed by atoms with Crippen LogP contribution < -0.4 is 0 Å². The molecule has 5 heteroatoms. The van der Waals surface area contributed by atoms with Gasteiger partial charge >= 0.3 is 0 Å². The van der Waals surface area contributed by atoms with E-state index in [2.05, 4.69) is 6.92 Å². The molecule has 0 aromatic carbocycles. The molecule has 2 amide bonds. The maximum Gasteiger partial charge on any atom is 0.230 e.